The first-order valence-electron chi connectivity index (χ1n) is 6.54. The molecule has 7 heteroatoms. The molecule has 1 aliphatic heterocycles. The van der Waals surface area contributed by atoms with E-state index >= 15 is 0 Å². The topological polar surface area (TPSA) is 92.6 Å². The number of nitrogens with one attached hydrogen (secondary N) is 2. The molecule has 0 unspecified atom stereocenters. The number of hydrogen-bond acceptors (Lipinski definition) is 5. The number of hydrogen-bond donors (Lipinski definition) is 2. The van der Waals surface area contributed by atoms with Crippen LogP contribution in [0.15, 0.2) is 18.2 Å². The molecule has 0 atom stereocenters. The molecule has 0 saturated carbocycles. The van der Waals surface area contributed by atoms with Crippen LogP contribution in [0.4, 0.5) is 11.4 Å². The Morgan fingerprint density at radius 1 is 1.45 bits per heavy atom. The molecule has 0 radical (unpaired) electrons. The summed E-state index contributed by atoms with van der Waals surface area (Å²) in [5.74, 6) is 0. The molecule has 1 aromatic carbocycles. The smallest absolute Gasteiger partial charge is 0.270 e. The van der Waals surface area contributed by atoms with Crippen LogP contribution < -0.4 is 10.2 Å². The number of non-ortho nitro benzene ring substituents is 1. The maximum atomic E-state index is 10.7. The van der Waals surface area contributed by atoms with Crippen molar-refractivity contribution < 1.29 is 14.6 Å². The first-order valence-corrected chi connectivity index (χ1v) is 6.54. The van der Waals surface area contributed by atoms with Gasteiger partial charge in [0.1, 0.15) is 19.2 Å². The van der Waals surface area contributed by atoms with Crippen LogP contribution in [0, 0.1) is 21.4 Å². The molecule has 0 aliphatic carbocycles. The van der Waals surface area contributed by atoms with Gasteiger partial charge in [-0.2, -0.15) is 5.26 Å². The largest absolute Gasteiger partial charge is 0.378 e. The first kappa shape index (κ1) is 14.2. The average Bonchev–Trinajstić information content (AvgIpc) is 2.48. The summed E-state index contributed by atoms with van der Waals surface area (Å²) in [6.07, 6.45) is 0. The normalized spacial score (nSPS) is 15.6. The number of benzene rings is 1. The van der Waals surface area contributed by atoms with E-state index in [0.29, 0.717) is 11.3 Å². The monoisotopic (exact) mass is 277 g/mol. The highest BCUT2D eigenvalue weighted by Crippen LogP contribution is 2.20. The summed E-state index contributed by atoms with van der Waals surface area (Å²) in [5.41, 5.74) is 0.882. The van der Waals surface area contributed by atoms with E-state index in [-0.39, 0.29) is 5.69 Å². The van der Waals surface area contributed by atoms with Gasteiger partial charge in [-0.15, -0.1) is 0 Å². The Morgan fingerprint density at radius 2 is 2.20 bits per heavy atom. The maximum absolute atomic E-state index is 10.7. The molecule has 0 bridgehead atoms. The van der Waals surface area contributed by atoms with E-state index in [2.05, 4.69) is 5.32 Å². The summed E-state index contributed by atoms with van der Waals surface area (Å²) < 4.78 is 5.29. The van der Waals surface area contributed by atoms with E-state index in [1.165, 1.54) is 17.0 Å². The van der Waals surface area contributed by atoms with Gasteiger partial charge in [0.25, 0.3) is 5.69 Å². The Labute approximate surface area is 116 Å². The van der Waals surface area contributed by atoms with Gasteiger partial charge < -0.3 is 15.0 Å². The van der Waals surface area contributed by atoms with Gasteiger partial charge >= 0.3 is 0 Å². The number of quaternary nitrogens is 1. The van der Waals surface area contributed by atoms with Crippen molar-refractivity contribution >= 4 is 11.4 Å². The molecular weight excluding hydrogens is 260 g/mol. The number of nitrogens with zero attached hydrogens (tertiary/aromatic N) is 2. The lowest BCUT2D eigenvalue weighted by Crippen LogP contribution is -3.14. The van der Waals surface area contributed by atoms with E-state index in [4.69, 9.17) is 10.00 Å². The van der Waals surface area contributed by atoms with Gasteiger partial charge in [0.2, 0.25) is 0 Å². The molecule has 2 N–H and O–H groups in total. The number of nitriles is 1. The summed E-state index contributed by atoms with van der Waals surface area (Å²) in [5, 5.41) is 22.9. The Bertz CT molecular complexity index is 521. The van der Waals surface area contributed by atoms with Gasteiger partial charge in [0, 0.05) is 12.1 Å². The van der Waals surface area contributed by atoms with Crippen molar-refractivity contribution in [3.8, 4) is 6.07 Å². The lowest BCUT2D eigenvalue weighted by atomic mass is 10.1. The minimum absolute atomic E-state index is 0.0640. The van der Waals surface area contributed by atoms with Crippen molar-refractivity contribution in [2.75, 3.05) is 44.7 Å². The number of morpholine rings is 1. The molecule has 1 heterocycles. The predicted molar refractivity (Wildman–Crippen MR) is 72.7 cm³/mol. The molecule has 1 fully saturated rings. The average molecular weight is 277 g/mol. The number of rotatable bonds is 5. The van der Waals surface area contributed by atoms with Gasteiger partial charge in [-0.1, -0.05) is 0 Å². The molecule has 0 amide bonds. The summed E-state index contributed by atoms with van der Waals surface area (Å²) in [7, 11) is 0. The highest BCUT2D eigenvalue weighted by atomic mass is 16.6. The zero-order chi connectivity index (χ0) is 14.4. The zero-order valence-corrected chi connectivity index (χ0v) is 11.1. The Hall–Kier alpha value is -2.17. The Balaban J connectivity index is 1.92. The third-order valence-corrected chi connectivity index (χ3v) is 3.33. The number of nitro benzene ring substituents is 1. The summed E-state index contributed by atoms with van der Waals surface area (Å²) in [6, 6.07) is 6.28. The molecule has 106 valence electrons. The Kier molecular flexibility index (Phi) is 4.87. The van der Waals surface area contributed by atoms with Crippen LogP contribution in [0.25, 0.3) is 0 Å². The standard InChI is InChI=1S/C13H16N4O3/c14-10-11-9-12(17(18)19)1-2-13(11)15-3-4-16-5-7-20-8-6-16/h1-2,9,15H,3-8H2/p+1. The van der Waals surface area contributed by atoms with Crippen LogP contribution in [-0.2, 0) is 4.74 Å². The fraction of sp³-hybridized carbons (Fsp3) is 0.462. The van der Waals surface area contributed by atoms with Crippen LogP contribution in [0.1, 0.15) is 5.56 Å². The summed E-state index contributed by atoms with van der Waals surface area (Å²) in [4.78, 5) is 11.6. The maximum Gasteiger partial charge on any atom is 0.270 e. The molecule has 7 nitrogen and oxygen atoms in total. The van der Waals surface area contributed by atoms with Crippen molar-refractivity contribution in [3.05, 3.63) is 33.9 Å². The minimum atomic E-state index is -0.498. The van der Waals surface area contributed by atoms with E-state index in [1.807, 2.05) is 6.07 Å². The minimum Gasteiger partial charge on any atom is -0.378 e. The van der Waals surface area contributed by atoms with E-state index in [0.717, 1.165) is 39.4 Å². The van der Waals surface area contributed by atoms with Gasteiger partial charge in [0.15, 0.2) is 0 Å². The van der Waals surface area contributed by atoms with Crippen LogP contribution in [-0.4, -0.2) is 44.3 Å². The number of ether oxygens (including phenoxy) is 1. The molecule has 0 spiro atoms. The molecule has 1 aliphatic rings. The lowest BCUT2D eigenvalue weighted by molar-refractivity contribution is -0.906. The van der Waals surface area contributed by atoms with Crippen molar-refractivity contribution in [3.63, 3.8) is 0 Å². The van der Waals surface area contributed by atoms with Gasteiger partial charge in [-0.25, -0.2) is 0 Å². The molecular formula is C13H17N4O3+. The van der Waals surface area contributed by atoms with Crippen LogP contribution in [0.2, 0.25) is 0 Å². The molecule has 20 heavy (non-hydrogen) atoms. The van der Waals surface area contributed by atoms with Crippen molar-refractivity contribution in [2.24, 2.45) is 0 Å². The molecule has 1 saturated heterocycles. The first-order chi connectivity index (χ1) is 9.70. The van der Waals surface area contributed by atoms with Crippen LogP contribution in [0.3, 0.4) is 0 Å². The quantitative estimate of drug-likeness (QED) is 0.574. The summed E-state index contributed by atoms with van der Waals surface area (Å²) in [6.45, 7) is 5.22. The van der Waals surface area contributed by atoms with Gasteiger partial charge in [0.05, 0.1) is 42.5 Å². The van der Waals surface area contributed by atoms with E-state index in [1.54, 1.807) is 6.07 Å². The van der Waals surface area contributed by atoms with E-state index < -0.39 is 4.92 Å². The highest BCUT2D eigenvalue weighted by Gasteiger charge is 2.14. The second-order valence-electron chi connectivity index (χ2n) is 4.64. The predicted octanol–water partition coefficient (Wildman–Crippen LogP) is -0.207. The summed E-state index contributed by atoms with van der Waals surface area (Å²) >= 11 is 0. The number of anilines is 1. The lowest BCUT2D eigenvalue weighted by Gasteiger charge is -2.23. The second kappa shape index (κ2) is 6.84. The zero-order valence-electron chi connectivity index (χ0n) is 11.1. The molecule has 1 aromatic rings. The SMILES string of the molecule is N#Cc1cc([N+](=O)[O-])ccc1NCC[NH+]1CCOCC1. The van der Waals surface area contributed by atoms with Crippen molar-refractivity contribution in [1.29, 1.82) is 5.26 Å². The molecule has 2 rings (SSSR count). The second-order valence-corrected chi connectivity index (χ2v) is 4.64. The van der Waals surface area contributed by atoms with Gasteiger partial charge in [-0.3, -0.25) is 10.1 Å². The van der Waals surface area contributed by atoms with Crippen LogP contribution in [0.5, 0.6) is 0 Å². The van der Waals surface area contributed by atoms with Crippen molar-refractivity contribution in [1.82, 2.24) is 0 Å². The third kappa shape index (κ3) is 3.66. The third-order valence-electron chi connectivity index (χ3n) is 3.33. The molecule has 0 aromatic heterocycles. The van der Waals surface area contributed by atoms with Crippen molar-refractivity contribution in [2.45, 2.75) is 0 Å². The Morgan fingerprint density at radius 3 is 2.85 bits per heavy atom. The fourth-order valence-electron chi connectivity index (χ4n) is 2.18. The van der Waals surface area contributed by atoms with E-state index in [9.17, 15) is 10.1 Å². The highest BCUT2D eigenvalue weighted by molar-refractivity contribution is 5.61. The fourth-order valence-corrected chi connectivity index (χ4v) is 2.18. The van der Waals surface area contributed by atoms with Gasteiger partial charge in [-0.05, 0) is 6.07 Å². The number of nitro groups is 1. The van der Waals surface area contributed by atoms with Crippen LogP contribution >= 0.6 is 0 Å².